The van der Waals surface area contributed by atoms with Gasteiger partial charge in [-0.15, -0.1) is 11.3 Å². The van der Waals surface area contributed by atoms with E-state index in [1.54, 1.807) is 41.9 Å². The topological polar surface area (TPSA) is 75.0 Å². The molecule has 130 valence electrons. The van der Waals surface area contributed by atoms with Gasteiger partial charge in [-0.25, -0.2) is 19.9 Å². The van der Waals surface area contributed by atoms with Gasteiger partial charge in [0.1, 0.15) is 21.6 Å². The third-order valence-electron chi connectivity index (χ3n) is 4.35. The number of thioether (sulfide) groups is 1. The van der Waals surface area contributed by atoms with Crippen molar-refractivity contribution in [1.29, 1.82) is 0 Å². The van der Waals surface area contributed by atoms with E-state index in [2.05, 4.69) is 14.9 Å². The Morgan fingerprint density at radius 3 is 2.69 bits per heavy atom. The Hall–Kier alpha value is -2.45. The number of nitrogens with zero attached hydrogens (tertiary/aromatic N) is 5. The predicted molar refractivity (Wildman–Crippen MR) is 107 cm³/mol. The lowest BCUT2D eigenvalue weighted by molar-refractivity contribution is 0.475. The fraction of sp³-hybridized carbons (Fsp3) is 0.222. The number of anilines is 1. The normalized spacial score (nSPS) is 15.0. The molecule has 0 unspecified atom stereocenters. The van der Waals surface area contributed by atoms with Crippen LogP contribution in [0, 0.1) is 0 Å². The molecule has 0 saturated carbocycles. The summed E-state index contributed by atoms with van der Waals surface area (Å²) >= 11 is 3.56. The molecule has 0 aliphatic carbocycles. The second-order valence-electron chi connectivity index (χ2n) is 6.01. The van der Waals surface area contributed by atoms with Crippen LogP contribution < -0.4 is 4.90 Å². The molecule has 1 N–H and O–H groups in total. The lowest BCUT2D eigenvalue weighted by atomic mass is 10.2. The molecule has 4 heterocycles. The van der Waals surface area contributed by atoms with Crippen molar-refractivity contribution in [3.05, 3.63) is 36.7 Å². The van der Waals surface area contributed by atoms with Crippen LogP contribution in [0.25, 0.3) is 32.0 Å². The van der Waals surface area contributed by atoms with Crippen LogP contribution in [-0.2, 0) is 0 Å². The van der Waals surface area contributed by atoms with Crippen LogP contribution in [0.1, 0.15) is 0 Å². The summed E-state index contributed by atoms with van der Waals surface area (Å²) in [6, 6.07) is 7.06. The fourth-order valence-electron chi connectivity index (χ4n) is 3.12. The van der Waals surface area contributed by atoms with E-state index in [4.69, 9.17) is 9.97 Å². The number of hydrogen-bond donors (Lipinski definition) is 1. The SMILES string of the molecule is Oc1cccc(-c2nc(N3CCSCC3)c3sc4nccnc4c3n2)c1. The van der Waals surface area contributed by atoms with Gasteiger partial charge in [0.15, 0.2) is 11.6 Å². The Morgan fingerprint density at radius 2 is 1.85 bits per heavy atom. The molecule has 0 radical (unpaired) electrons. The molecule has 1 aliphatic heterocycles. The number of phenols is 1. The van der Waals surface area contributed by atoms with E-state index in [-0.39, 0.29) is 5.75 Å². The highest BCUT2D eigenvalue weighted by atomic mass is 32.2. The Morgan fingerprint density at radius 1 is 1.00 bits per heavy atom. The van der Waals surface area contributed by atoms with E-state index in [0.717, 1.165) is 56.5 Å². The Kier molecular flexibility index (Phi) is 3.86. The van der Waals surface area contributed by atoms with E-state index in [1.165, 1.54) is 0 Å². The Balaban J connectivity index is 1.79. The van der Waals surface area contributed by atoms with Crippen molar-refractivity contribution < 1.29 is 5.11 Å². The minimum atomic E-state index is 0.206. The van der Waals surface area contributed by atoms with Crippen LogP contribution in [0.2, 0.25) is 0 Å². The number of thiophene rings is 1. The van der Waals surface area contributed by atoms with E-state index >= 15 is 0 Å². The highest BCUT2D eigenvalue weighted by Gasteiger charge is 2.21. The van der Waals surface area contributed by atoms with Crippen LogP contribution >= 0.6 is 23.1 Å². The van der Waals surface area contributed by atoms with Crippen LogP contribution in [0.4, 0.5) is 5.82 Å². The van der Waals surface area contributed by atoms with Crippen LogP contribution in [0.5, 0.6) is 5.75 Å². The molecule has 3 aromatic heterocycles. The molecule has 1 saturated heterocycles. The molecule has 0 bridgehead atoms. The first-order valence-corrected chi connectivity index (χ1v) is 10.3. The zero-order valence-corrected chi connectivity index (χ0v) is 15.4. The van der Waals surface area contributed by atoms with Crippen molar-refractivity contribution in [3.8, 4) is 17.1 Å². The number of rotatable bonds is 2. The van der Waals surface area contributed by atoms with Crippen LogP contribution in [0.15, 0.2) is 36.7 Å². The maximum Gasteiger partial charge on any atom is 0.162 e. The Labute approximate surface area is 158 Å². The minimum Gasteiger partial charge on any atom is -0.508 e. The van der Waals surface area contributed by atoms with Crippen molar-refractivity contribution in [2.45, 2.75) is 0 Å². The second kappa shape index (κ2) is 6.37. The summed E-state index contributed by atoms with van der Waals surface area (Å²) in [6.45, 7) is 1.93. The highest BCUT2D eigenvalue weighted by molar-refractivity contribution is 7.99. The van der Waals surface area contributed by atoms with Gasteiger partial charge in [-0.3, -0.25) is 0 Å². The molecule has 0 atom stereocenters. The predicted octanol–water partition coefficient (Wildman–Crippen LogP) is 3.56. The van der Waals surface area contributed by atoms with Crippen molar-refractivity contribution in [2.24, 2.45) is 0 Å². The summed E-state index contributed by atoms with van der Waals surface area (Å²) in [5.74, 6) is 3.94. The Bertz CT molecular complexity index is 1110. The van der Waals surface area contributed by atoms with Gasteiger partial charge in [0.25, 0.3) is 0 Å². The maximum absolute atomic E-state index is 9.85. The van der Waals surface area contributed by atoms with Crippen LogP contribution in [0.3, 0.4) is 0 Å². The first kappa shape index (κ1) is 15.8. The lowest BCUT2D eigenvalue weighted by Crippen LogP contribution is -2.33. The van der Waals surface area contributed by atoms with E-state index < -0.39 is 0 Å². The standard InChI is InChI=1S/C18H15N5OS2/c24-12-3-1-2-11(10-12)16-21-13-14-18(20-5-4-19-14)26-15(13)17(22-16)23-6-8-25-9-7-23/h1-5,10,24H,6-9H2. The van der Waals surface area contributed by atoms with Gasteiger partial charge in [-0.1, -0.05) is 12.1 Å². The average molecular weight is 381 g/mol. The number of fused-ring (bicyclic) bond motifs is 3. The number of aromatic nitrogens is 4. The van der Waals surface area contributed by atoms with Gasteiger partial charge in [0.05, 0.1) is 4.70 Å². The summed E-state index contributed by atoms with van der Waals surface area (Å²) in [5.41, 5.74) is 2.44. The fourth-order valence-corrected chi connectivity index (χ4v) is 5.08. The molecule has 1 aromatic carbocycles. The van der Waals surface area contributed by atoms with Gasteiger partial charge in [0, 0.05) is 42.6 Å². The number of phenolic OH excluding ortho intramolecular Hbond substituents is 1. The number of benzene rings is 1. The third kappa shape index (κ3) is 2.65. The van der Waals surface area contributed by atoms with Gasteiger partial charge in [0.2, 0.25) is 0 Å². The maximum atomic E-state index is 9.85. The molecule has 8 heteroatoms. The summed E-state index contributed by atoms with van der Waals surface area (Å²) in [6.07, 6.45) is 3.40. The van der Waals surface area contributed by atoms with E-state index in [0.29, 0.717) is 5.82 Å². The molecule has 0 amide bonds. The molecule has 1 aliphatic rings. The van der Waals surface area contributed by atoms with E-state index in [1.807, 2.05) is 17.8 Å². The first-order valence-electron chi connectivity index (χ1n) is 8.33. The summed E-state index contributed by atoms with van der Waals surface area (Å²) in [7, 11) is 0. The van der Waals surface area contributed by atoms with Gasteiger partial charge in [-0.2, -0.15) is 11.8 Å². The van der Waals surface area contributed by atoms with Crippen LogP contribution in [-0.4, -0.2) is 49.6 Å². The summed E-state index contributed by atoms with van der Waals surface area (Å²) in [5, 5.41) is 9.85. The molecule has 4 aromatic rings. The van der Waals surface area contributed by atoms with E-state index in [9.17, 15) is 5.11 Å². The molecule has 5 rings (SSSR count). The van der Waals surface area contributed by atoms with Crippen molar-refractivity contribution in [3.63, 3.8) is 0 Å². The molecule has 0 spiro atoms. The van der Waals surface area contributed by atoms with Crippen molar-refractivity contribution in [2.75, 3.05) is 29.5 Å². The molecule has 26 heavy (non-hydrogen) atoms. The smallest absolute Gasteiger partial charge is 0.162 e. The molecule has 6 nitrogen and oxygen atoms in total. The van der Waals surface area contributed by atoms with Gasteiger partial charge >= 0.3 is 0 Å². The molecular weight excluding hydrogens is 366 g/mol. The lowest BCUT2D eigenvalue weighted by Gasteiger charge is -2.28. The monoisotopic (exact) mass is 381 g/mol. The summed E-state index contributed by atoms with van der Waals surface area (Å²) in [4.78, 5) is 21.8. The minimum absolute atomic E-state index is 0.206. The molecular formula is C18H15N5OS2. The van der Waals surface area contributed by atoms with Crippen molar-refractivity contribution >= 4 is 49.5 Å². The number of hydrogen-bond acceptors (Lipinski definition) is 8. The number of aromatic hydroxyl groups is 1. The zero-order chi connectivity index (χ0) is 17.5. The first-order chi connectivity index (χ1) is 12.8. The molecule has 1 fully saturated rings. The third-order valence-corrected chi connectivity index (χ3v) is 6.37. The van der Waals surface area contributed by atoms with Crippen molar-refractivity contribution in [1.82, 2.24) is 19.9 Å². The quantitative estimate of drug-likeness (QED) is 0.569. The zero-order valence-electron chi connectivity index (χ0n) is 13.8. The van der Waals surface area contributed by atoms with Gasteiger partial charge in [-0.05, 0) is 12.1 Å². The highest BCUT2D eigenvalue weighted by Crippen LogP contribution is 2.38. The van der Waals surface area contributed by atoms with Gasteiger partial charge < -0.3 is 10.0 Å². The average Bonchev–Trinajstić information content (AvgIpc) is 3.06. The second-order valence-corrected chi connectivity index (χ2v) is 8.23. The summed E-state index contributed by atoms with van der Waals surface area (Å²) < 4.78 is 1.03. The largest absolute Gasteiger partial charge is 0.508 e.